The Morgan fingerprint density at radius 3 is 1.04 bits per heavy atom. The molecule has 0 aliphatic carbocycles. The van der Waals surface area contributed by atoms with E-state index in [1.165, 1.54) is 75.6 Å². The molecule has 0 radical (unpaired) electrons. The van der Waals surface area contributed by atoms with E-state index in [-0.39, 0.29) is 6.07 Å². The number of alkyl halides is 3. The molecular weight excluding hydrogens is 798 g/mol. The van der Waals surface area contributed by atoms with Crippen LogP contribution >= 0.6 is 61.4 Å². The van der Waals surface area contributed by atoms with Crippen LogP contribution in [0.3, 0.4) is 0 Å². The summed E-state index contributed by atoms with van der Waals surface area (Å²) in [6.07, 6.45) is 9.62. The highest BCUT2D eigenvalue weighted by Gasteiger charge is 2.37. The first kappa shape index (κ1) is 55.2. The van der Waals surface area contributed by atoms with Gasteiger partial charge in [0.1, 0.15) is 6.07 Å². The smallest absolute Gasteiger partial charge is 0.476 e. The highest BCUT2D eigenvalue weighted by molar-refractivity contribution is 14.1. The van der Waals surface area contributed by atoms with Gasteiger partial charge in [0.25, 0.3) is 7.82 Å². The molecule has 0 aliphatic heterocycles. The number of unbranched alkanes of at least 4 members (excludes halogenated alkanes) is 3. The van der Waals surface area contributed by atoms with Crippen molar-refractivity contribution in [3.05, 3.63) is 0 Å². The van der Waals surface area contributed by atoms with Crippen molar-refractivity contribution < 1.29 is 41.1 Å². The number of quaternary nitrogens is 1. The molecule has 0 aliphatic rings. The van der Waals surface area contributed by atoms with Crippen LogP contribution in [-0.2, 0) is 31.7 Å². The Labute approximate surface area is 315 Å². The van der Waals surface area contributed by atoms with Crippen LogP contribution in [0.25, 0.3) is 0 Å². The number of rotatable bonds is 17. The van der Waals surface area contributed by atoms with Crippen molar-refractivity contribution in [2.75, 3.05) is 36.1 Å². The van der Waals surface area contributed by atoms with Gasteiger partial charge in [-0.1, -0.05) is 81.1 Å². The van der Waals surface area contributed by atoms with Crippen molar-refractivity contribution in [1.82, 2.24) is 0 Å². The molecule has 0 spiro atoms. The molecule has 0 saturated carbocycles. The van der Waals surface area contributed by atoms with E-state index >= 15 is 0 Å². The highest BCUT2D eigenvalue weighted by atomic mass is 127. The molecule has 0 aromatic rings. The molecule has 9 nitrogen and oxygen atoms in total. The van der Waals surface area contributed by atoms with Crippen LogP contribution in [0.5, 0.6) is 0 Å². The molecule has 0 heterocycles. The number of nitrogens with zero attached hydrogens (tertiary/aromatic N) is 1. The zero-order valence-corrected chi connectivity index (χ0v) is 38.4. The second-order valence-electron chi connectivity index (χ2n) is 15.3. The molecule has 0 amide bonds. The zero-order chi connectivity index (χ0) is 38.2. The number of hydrogen-bond donors (Lipinski definition) is 0. The molecule has 0 saturated heterocycles. The van der Waals surface area contributed by atoms with Gasteiger partial charge in [0.2, 0.25) is 0 Å². The van der Waals surface area contributed by atoms with E-state index in [4.69, 9.17) is 45.8 Å². The third kappa shape index (κ3) is 41.8. The third-order valence-electron chi connectivity index (χ3n) is 5.41. The summed E-state index contributed by atoms with van der Waals surface area (Å²) in [6.45, 7) is 35.5. The molecule has 0 fully saturated rings. The van der Waals surface area contributed by atoms with Crippen LogP contribution < -0.4 is 4.89 Å². The maximum Gasteiger partial charge on any atom is 0.476 e. The Morgan fingerprint density at radius 1 is 0.574 bits per heavy atom. The van der Waals surface area contributed by atoms with Gasteiger partial charge in [-0.3, -0.25) is 18.1 Å². The van der Waals surface area contributed by atoms with Crippen molar-refractivity contribution in [3.8, 4) is 0 Å². The van der Waals surface area contributed by atoms with Gasteiger partial charge in [-0.25, -0.2) is 4.57 Å². The van der Waals surface area contributed by atoms with Gasteiger partial charge in [-0.05, 0) is 109 Å². The SMILES string of the molecule is CC(C)(C)OP(=O)(OCCl)OC(C)(C)C.CC(C)(C)OP(=O)([O-])OC(C)(C)C.CCCC[N+](CCC)(CCCC)CCCC.ClCI. The average Bonchev–Trinajstić information content (AvgIpc) is 2.81. The minimum absolute atomic E-state index is 0.233. The van der Waals surface area contributed by atoms with E-state index < -0.39 is 38.0 Å². The first-order valence-electron chi connectivity index (χ1n) is 17.0. The van der Waals surface area contributed by atoms with E-state index in [0.717, 1.165) is 0 Å². The van der Waals surface area contributed by atoms with Crippen molar-refractivity contribution in [2.45, 2.75) is 178 Å². The van der Waals surface area contributed by atoms with Crippen molar-refractivity contribution >= 4 is 61.4 Å². The first-order chi connectivity index (χ1) is 21.0. The van der Waals surface area contributed by atoms with Crippen LogP contribution in [0.2, 0.25) is 0 Å². The van der Waals surface area contributed by atoms with E-state index in [9.17, 15) is 14.0 Å². The van der Waals surface area contributed by atoms with Crippen LogP contribution in [0.4, 0.5) is 0 Å². The van der Waals surface area contributed by atoms with Gasteiger partial charge in [0.15, 0.2) is 0 Å². The van der Waals surface area contributed by atoms with E-state index in [2.05, 4.69) is 50.3 Å². The molecule has 47 heavy (non-hydrogen) atoms. The Balaban J connectivity index is -0.000000284. The predicted octanol–water partition coefficient (Wildman–Crippen LogP) is 12.3. The summed E-state index contributed by atoms with van der Waals surface area (Å²) in [5, 5.41) is 0. The summed E-state index contributed by atoms with van der Waals surface area (Å²) < 4.78 is 50.4. The lowest BCUT2D eigenvalue weighted by atomic mass is 10.1. The lowest BCUT2D eigenvalue weighted by Gasteiger charge is -2.39. The summed E-state index contributed by atoms with van der Waals surface area (Å²) in [4.78, 5) is 11.2. The standard InChI is InChI=1S/C15H34N.C9H20ClO4P.C8H19O4P.CH2ClI/c1-5-9-13-16(12-8-4,14-10-6-2)15-11-7-3;1-8(2,3)13-15(11,12-7-10)14-9(4,5)6;1-7(2,3)11-13(9,10)12-8(4,5)6;2-1-3/h5-15H2,1-4H3;7H2,1-6H3;1-6H3,(H,9,10);1H2/q+1;;;/p-1. The van der Waals surface area contributed by atoms with Gasteiger partial charge in [-0.15, -0.1) is 11.6 Å². The summed E-state index contributed by atoms with van der Waals surface area (Å²) >= 11 is 12.4. The molecular formula is C33H74Cl2INO8P2. The molecule has 0 unspecified atom stereocenters. The monoisotopic (exact) mass is 871 g/mol. The zero-order valence-electron chi connectivity index (χ0n) is 32.9. The van der Waals surface area contributed by atoms with Crippen molar-refractivity contribution in [2.24, 2.45) is 0 Å². The molecule has 0 N–H and O–H groups in total. The molecule has 0 bridgehead atoms. The maximum absolute atomic E-state index is 12.1. The Bertz CT molecular complexity index is 781. The van der Waals surface area contributed by atoms with Crippen LogP contribution in [0, 0.1) is 0 Å². The number of phosphoric acid groups is 2. The molecule has 0 aromatic carbocycles. The Morgan fingerprint density at radius 2 is 0.851 bits per heavy atom. The number of hydrogen-bond acceptors (Lipinski definition) is 8. The summed E-state index contributed by atoms with van der Waals surface area (Å²) in [6, 6.07) is -0.233. The molecule has 0 rings (SSSR count). The Kier molecular flexibility index (Phi) is 31.9. The third-order valence-corrected chi connectivity index (χ3v) is 9.20. The van der Waals surface area contributed by atoms with Gasteiger partial charge in [0, 0.05) is 0 Å². The minimum Gasteiger partial charge on any atom is -0.756 e. The van der Waals surface area contributed by atoms with E-state index in [1.54, 1.807) is 83.1 Å². The summed E-state index contributed by atoms with van der Waals surface area (Å²) in [5.41, 5.74) is -2.73. The molecule has 14 heteroatoms. The lowest BCUT2D eigenvalue weighted by Crippen LogP contribution is -2.50. The van der Waals surface area contributed by atoms with Crippen LogP contribution in [0.15, 0.2) is 0 Å². The Hall–Kier alpha value is 1.49. The summed E-state index contributed by atoms with van der Waals surface area (Å²) in [5.74, 6) is 0. The van der Waals surface area contributed by atoms with Gasteiger partial charge < -0.3 is 18.4 Å². The summed E-state index contributed by atoms with van der Waals surface area (Å²) in [7, 11) is -7.78. The number of phosphoric ester groups is 2. The molecule has 290 valence electrons. The predicted molar refractivity (Wildman–Crippen MR) is 210 cm³/mol. The second kappa shape index (κ2) is 27.1. The average molecular weight is 873 g/mol. The van der Waals surface area contributed by atoms with E-state index in [1.807, 2.05) is 0 Å². The van der Waals surface area contributed by atoms with Crippen LogP contribution in [-0.4, -0.2) is 63.0 Å². The normalized spacial score (nSPS) is 13.1. The topological polar surface area (TPSA) is 103 Å². The fourth-order valence-electron chi connectivity index (χ4n) is 4.12. The largest absolute Gasteiger partial charge is 0.756 e. The highest BCUT2D eigenvalue weighted by Crippen LogP contribution is 2.55. The van der Waals surface area contributed by atoms with Gasteiger partial charge in [0.05, 0.1) is 52.5 Å². The lowest BCUT2D eigenvalue weighted by molar-refractivity contribution is -0.928. The molecule has 0 atom stereocenters. The van der Waals surface area contributed by atoms with E-state index in [0.29, 0.717) is 3.89 Å². The van der Waals surface area contributed by atoms with Crippen molar-refractivity contribution in [1.29, 1.82) is 0 Å². The quantitative estimate of drug-likeness (QED) is 0.0616. The first-order valence-corrected chi connectivity index (χ1v) is 22.5. The van der Waals surface area contributed by atoms with Crippen molar-refractivity contribution in [3.63, 3.8) is 0 Å². The maximum atomic E-state index is 12.1. The minimum atomic E-state index is -4.19. The second-order valence-corrected chi connectivity index (χ2v) is 20.3. The fraction of sp³-hybridized carbons (Fsp3) is 1.00. The van der Waals surface area contributed by atoms with Gasteiger partial charge in [-0.2, -0.15) is 0 Å². The molecule has 0 aromatic heterocycles. The fourth-order valence-corrected chi connectivity index (χ4v) is 7.46. The van der Waals surface area contributed by atoms with Gasteiger partial charge >= 0.3 is 7.82 Å². The van der Waals surface area contributed by atoms with Crippen LogP contribution in [0.1, 0.15) is 156 Å². The number of halogens is 3.